The first kappa shape index (κ1) is 24.1. The first-order valence-electron chi connectivity index (χ1n) is 11.5. The Morgan fingerprint density at radius 2 is 2.06 bits per heavy atom. The maximum atomic E-state index is 13.4. The summed E-state index contributed by atoms with van der Waals surface area (Å²) in [7, 11) is 0. The van der Waals surface area contributed by atoms with Crippen LogP contribution in [0.3, 0.4) is 0 Å². The van der Waals surface area contributed by atoms with Crippen LogP contribution in [-0.2, 0) is 11.2 Å². The van der Waals surface area contributed by atoms with Crippen molar-refractivity contribution in [3.05, 3.63) is 51.7 Å². The molecule has 3 rings (SSSR count). The molecule has 1 atom stereocenters. The summed E-state index contributed by atoms with van der Waals surface area (Å²) in [4.78, 5) is 30.9. The van der Waals surface area contributed by atoms with Gasteiger partial charge in [0.2, 0.25) is 5.91 Å². The van der Waals surface area contributed by atoms with Crippen LogP contribution >= 0.6 is 11.3 Å². The van der Waals surface area contributed by atoms with Gasteiger partial charge in [0.25, 0.3) is 0 Å². The number of ether oxygens (including phenoxy) is 1. The molecular formula is C25H35N3O3S. The molecule has 1 aliphatic heterocycles. The van der Waals surface area contributed by atoms with Gasteiger partial charge < -0.3 is 19.9 Å². The molecule has 0 fully saturated rings. The Morgan fingerprint density at radius 1 is 1.28 bits per heavy atom. The van der Waals surface area contributed by atoms with Crippen molar-refractivity contribution in [1.82, 2.24) is 15.1 Å². The molecule has 0 saturated carbocycles. The van der Waals surface area contributed by atoms with Crippen molar-refractivity contribution in [3.63, 3.8) is 0 Å². The Labute approximate surface area is 195 Å². The van der Waals surface area contributed by atoms with Crippen molar-refractivity contribution < 1.29 is 14.3 Å². The highest BCUT2D eigenvalue weighted by Gasteiger charge is 2.33. The third kappa shape index (κ3) is 6.03. The van der Waals surface area contributed by atoms with Gasteiger partial charge in [-0.25, -0.2) is 4.79 Å². The molecule has 1 aromatic heterocycles. The number of carbonyl (C=O) groups excluding carboxylic acids is 2. The smallest absolute Gasteiger partial charge is 0.317 e. The summed E-state index contributed by atoms with van der Waals surface area (Å²) in [5.41, 5.74) is 2.23. The van der Waals surface area contributed by atoms with E-state index in [-0.39, 0.29) is 24.5 Å². The number of hydrogen-bond acceptors (Lipinski definition) is 4. The summed E-state index contributed by atoms with van der Waals surface area (Å²) in [5, 5.41) is 4.93. The Morgan fingerprint density at radius 3 is 2.78 bits per heavy atom. The molecular weight excluding hydrogens is 422 g/mol. The van der Waals surface area contributed by atoms with Gasteiger partial charge in [0.15, 0.2) is 0 Å². The number of para-hydroxylation sites is 1. The number of benzene rings is 1. The van der Waals surface area contributed by atoms with E-state index in [1.165, 1.54) is 4.88 Å². The molecule has 0 bridgehead atoms. The summed E-state index contributed by atoms with van der Waals surface area (Å²) in [6.07, 6.45) is 1.70. The van der Waals surface area contributed by atoms with Gasteiger partial charge in [0, 0.05) is 24.5 Å². The molecule has 7 heteroatoms. The summed E-state index contributed by atoms with van der Waals surface area (Å²) in [6.45, 7) is 10.4. The minimum Gasteiger partial charge on any atom is -0.491 e. The fourth-order valence-electron chi connectivity index (χ4n) is 3.95. The predicted molar refractivity (Wildman–Crippen MR) is 129 cm³/mol. The number of rotatable bonds is 9. The average molecular weight is 458 g/mol. The van der Waals surface area contributed by atoms with E-state index in [0.717, 1.165) is 29.7 Å². The summed E-state index contributed by atoms with van der Waals surface area (Å²) >= 11 is 1.74. The molecule has 174 valence electrons. The van der Waals surface area contributed by atoms with Crippen LogP contribution in [0.2, 0.25) is 0 Å². The highest BCUT2D eigenvalue weighted by molar-refractivity contribution is 7.10. The molecule has 2 heterocycles. The second kappa shape index (κ2) is 11.4. The number of hydrogen-bond donors (Lipinski definition) is 1. The summed E-state index contributed by atoms with van der Waals surface area (Å²) < 4.78 is 6.17. The Hall–Kier alpha value is -2.54. The number of amides is 3. The van der Waals surface area contributed by atoms with Gasteiger partial charge in [0.05, 0.1) is 6.04 Å². The van der Waals surface area contributed by atoms with Crippen LogP contribution in [0.4, 0.5) is 4.79 Å². The van der Waals surface area contributed by atoms with Gasteiger partial charge in [0.1, 0.15) is 18.9 Å². The van der Waals surface area contributed by atoms with Gasteiger partial charge >= 0.3 is 6.03 Å². The average Bonchev–Trinajstić information content (AvgIpc) is 3.25. The van der Waals surface area contributed by atoms with E-state index in [2.05, 4.69) is 30.6 Å². The van der Waals surface area contributed by atoms with Crippen LogP contribution in [0.15, 0.2) is 35.7 Å². The standard InChI is InChI=1S/C25H35N3O3S/c1-5-26-25(30)27(13-10-18(2)3)16-24(29)28-14-11-23-20(12-15-32-23)21(28)17-31-22-9-7-6-8-19(22)4/h6-9,12,15,18,21H,5,10-11,13-14,16-17H2,1-4H3,(H,26,30)/t21-/m1/s1. The topological polar surface area (TPSA) is 61.9 Å². The molecule has 6 nitrogen and oxygen atoms in total. The molecule has 0 radical (unpaired) electrons. The van der Waals surface area contributed by atoms with E-state index in [1.807, 2.05) is 43.0 Å². The fraction of sp³-hybridized carbons (Fsp3) is 0.520. The normalized spacial score (nSPS) is 15.4. The van der Waals surface area contributed by atoms with E-state index >= 15 is 0 Å². The zero-order valence-electron chi connectivity index (χ0n) is 19.6. The first-order valence-corrected chi connectivity index (χ1v) is 12.4. The lowest BCUT2D eigenvalue weighted by atomic mass is 10.00. The number of fused-ring (bicyclic) bond motifs is 1. The number of aryl methyl sites for hydroxylation is 1. The van der Waals surface area contributed by atoms with E-state index in [0.29, 0.717) is 32.2 Å². The van der Waals surface area contributed by atoms with Crippen LogP contribution in [0, 0.1) is 12.8 Å². The van der Waals surface area contributed by atoms with Crippen LogP contribution in [0.25, 0.3) is 0 Å². The number of nitrogens with one attached hydrogen (secondary N) is 1. The molecule has 1 N–H and O–H groups in total. The molecule has 0 unspecified atom stereocenters. The number of thiophene rings is 1. The SMILES string of the molecule is CCNC(=O)N(CCC(C)C)CC(=O)N1CCc2sccc2[C@H]1COc1ccccc1C. The van der Waals surface area contributed by atoms with Crippen LogP contribution in [-0.4, -0.2) is 54.5 Å². The lowest BCUT2D eigenvalue weighted by Crippen LogP contribution is -2.50. The van der Waals surface area contributed by atoms with Crippen molar-refractivity contribution >= 4 is 23.3 Å². The third-order valence-electron chi connectivity index (χ3n) is 5.82. The second-order valence-electron chi connectivity index (χ2n) is 8.67. The van der Waals surface area contributed by atoms with Gasteiger partial charge in [-0.3, -0.25) is 4.79 Å². The molecule has 1 aromatic carbocycles. The zero-order chi connectivity index (χ0) is 23.1. The maximum Gasteiger partial charge on any atom is 0.317 e. The summed E-state index contributed by atoms with van der Waals surface area (Å²) in [6, 6.07) is 9.70. The molecule has 3 amide bonds. The van der Waals surface area contributed by atoms with Crippen molar-refractivity contribution in [2.75, 3.05) is 32.8 Å². The number of urea groups is 1. The molecule has 0 spiro atoms. The van der Waals surface area contributed by atoms with Gasteiger partial charge in [-0.05, 0) is 61.2 Å². The predicted octanol–water partition coefficient (Wildman–Crippen LogP) is 4.64. The van der Waals surface area contributed by atoms with Gasteiger partial charge in [-0.2, -0.15) is 0 Å². The van der Waals surface area contributed by atoms with Crippen LogP contribution in [0.1, 0.15) is 49.2 Å². The van der Waals surface area contributed by atoms with Gasteiger partial charge in [-0.1, -0.05) is 32.0 Å². The monoisotopic (exact) mass is 457 g/mol. The Kier molecular flexibility index (Phi) is 8.56. The van der Waals surface area contributed by atoms with E-state index in [4.69, 9.17) is 4.74 Å². The van der Waals surface area contributed by atoms with Crippen LogP contribution in [0.5, 0.6) is 5.75 Å². The highest BCUT2D eigenvalue weighted by atomic mass is 32.1. The minimum absolute atomic E-state index is 0.0322. The molecule has 2 aromatic rings. The lowest BCUT2D eigenvalue weighted by Gasteiger charge is -2.37. The van der Waals surface area contributed by atoms with E-state index in [1.54, 1.807) is 16.2 Å². The summed E-state index contributed by atoms with van der Waals surface area (Å²) in [5.74, 6) is 1.26. The molecule has 0 aliphatic carbocycles. The van der Waals surface area contributed by atoms with Gasteiger partial charge in [-0.15, -0.1) is 11.3 Å². The number of nitrogens with zero attached hydrogens (tertiary/aromatic N) is 2. The Bertz CT molecular complexity index is 911. The molecule has 32 heavy (non-hydrogen) atoms. The molecule has 0 saturated heterocycles. The van der Waals surface area contributed by atoms with E-state index < -0.39 is 0 Å². The highest BCUT2D eigenvalue weighted by Crippen LogP contribution is 2.34. The van der Waals surface area contributed by atoms with Crippen LogP contribution < -0.4 is 10.1 Å². The Balaban J connectivity index is 1.76. The lowest BCUT2D eigenvalue weighted by molar-refractivity contribution is -0.135. The van der Waals surface area contributed by atoms with E-state index in [9.17, 15) is 9.59 Å². The maximum absolute atomic E-state index is 13.4. The second-order valence-corrected chi connectivity index (χ2v) is 9.67. The largest absolute Gasteiger partial charge is 0.491 e. The van der Waals surface area contributed by atoms with Crippen molar-refractivity contribution in [3.8, 4) is 5.75 Å². The zero-order valence-corrected chi connectivity index (χ0v) is 20.4. The third-order valence-corrected chi connectivity index (χ3v) is 6.82. The molecule has 1 aliphatic rings. The minimum atomic E-state index is -0.178. The van der Waals surface area contributed by atoms with Crippen molar-refractivity contribution in [1.29, 1.82) is 0 Å². The number of carbonyl (C=O) groups is 2. The fourth-order valence-corrected chi connectivity index (χ4v) is 4.87. The quantitative estimate of drug-likeness (QED) is 0.597. The van der Waals surface area contributed by atoms with Crippen molar-refractivity contribution in [2.45, 2.75) is 46.6 Å². The first-order chi connectivity index (χ1) is 15.4. The van der Waals surface area contributed by atoms with Crippen molar-refractivity contribution in [2.24, 2.45) is 5.92 Å².